The van der Waals surface area contributed by atoms with E-state index in [9.17, 15) is 18.7 Å². The van der Waals surface area contributed by atoms with Crippen LogP contribution < -0.4 is 10.3 Å². The molecule has 2 aromatic heterocycles. The van der Waals surface area contributed by atoms with Crippen molar-refractivity contribution in [2.45, 2.75) is 23.5 Å². The number of pyridine rings is 1. The van der Waals surface area contributed by atoms with Crippen molar-refractivity contribution in [3.8, 4) is 28.7 Å². The average Bonchev–Trinajstić information content (AvgIpc) is 3.28. The molecule has 2 aromatic carbocycles. The molecule has 0 saturated carbocycles. The lowest BCUT2D eigenvalue weighted by atomic mass is 10.0. The molecule has 1 unspecified atom stereocenters. The number of benzene rings is 2. The Morgan fingerprint density at radius 3 is 2.56 bits per heavy atom. The molecule has 0 saturated heterocycles. The van der Waals surface area contributed by atoms with Gasteiger partial charge in [-0.1, -0.05) is 15.9 Å². The zero-order valence-electron chi connectivity index (χ0n) is 18.5. The highest BCUT2D eigenvalue weighted by molar-refractivity contribution is 9.10. The lowest BCUT2D eigenvalue weighted by Gasteiger charge is -2.21. The second-order valence-electron chi connectivity index (χ2n) is 8.24. The molecule has 0 aliphatic heterocycles. The SMILES string of the molecule is Cn1cc(-c2cc(S(=N)(=O)C(C)(C)C#N)ccc2Oc2ccc(Br)cc2F)c2cc[nH]c2c1=O. The molecule has 2 heterocycles. The molecule has 4 rings (SSSR count). The Bertz CT molecular complexity index is 1650. The summed E-state index contributed by atoms with van der Waals surface area (Å²) in [5.74, 6) is -0.390. The summed E-state index contributed by atoms with van der Waals surface area (Å²) in [4.78, 5) is 15.6. The topological polar surface area (TPSA) is 112 Å². The van der Waals surface area contributed by atoms with Crippen molar-refractivity contribution in [1.29, 1.82) is 10.0 Å². The highest BCUT2D eigenvalue weighted by Crippen LogP contribution is 2.40. The predicted molar refractivity (Wildman–Crippen MR) is 132 cm³/mol. The first-order chi connectivity index (χ1) is 16.0. The molecule has 2 N–H and O–H groups in total. The predicted octanol–water partition coefficient (Wildman–Crippen LogP) is 5.94. The summed E-state index contributed by atoms with van der Waals surface area (Å²) >= 11 is 3.22. The Morgan fingerprint density at radius 1 is 1.18 bits per heavy atom. The van der Waals surface area contributed by atoms with Crippen molar-refractivity contribution >= 4 is 36.6 Å². The van der Waals surface area contributed by atoms with E-state index in [0.717, 1.165) is 0 Å². The Labute approximate surface area is 203 Å². The molecule has 34 heavy (non-hydrogen) atoms. The fourth-order valence-electron chi connectivity index (χ4n) is 3.51. The van der Waals surface area contributed by atoms with Gasteiger partial charge in [0.1, 0.15) is 16.0 Å². The molecule has 4 aromatic rings. The number of aryl methyl sites for hydroxylation is 1. The van der Waals surface area contributed by atoms with E-state index in [2.05, 4.69) is 20.9 Å². The first-order valence-electron chi connectivity index (χ1n) is 10.1. The van der Waals surface area contributed by atoms with Crippen LogP contribution >= 0.6 is 15.9 Å². The number of aromatic amines is 1. The standard InChI is InChI=1S/C24H20BrFN4O3S/c1-24(2,13-27)34(28,32)15-5-7-20(33-21-6-4-14(25)10-19(21)26)17(11-15)18-12-30(3)23(31)22-16(18)8-9-29-22/h4-12,28-29H,1-3H3. The number of H-pyrrole nitrogens is 1. The summed E-state index contributed by atoms with van der Waals surface area (Å²) in [7, 11) is -1.96. The van der Waals surface area contributed by atoms with E-state index in [1.807, 2.05) is 6.07 Å². The van der Waals surface area contributed by atoms with E-state index < -0.39 is 20.3 Å². The molecular formula is C24H20BrFN4O3S. The smallest absolute Gasteiger partial charge is 0.274 e. The molecule has 0 fully saturated rings. The van der Waals surface area contributed by atoms with Crippen molar-refractivity contribution in [3.05, 3.63) is 75.5 Å². The Hall–Kier alpha value is -3.42. The molecule has 0 radical (unpaired) electrons. The highest BCUT2D eigenvalue weighted by atomic mass is 79.9. The van der Waals surface area contributed by atoms with E-state index >= 15 is 0 Å². The number of fused-ring (bicyclic) bond motifs is 1. The first-order valence-corrected chi connectivity index (χ1v) is 12.4. The quantitative estimate of drug-likeness (QED) is 0.325. The van der Waals surface area contributed by atoms with Gasteiger partial charge in [0.05, 0.1) is 15.8 Å². The maximum Gasteiger partial charge on any atom is 0.274 e. The summed E-state index contributed by atoms with van der Waals surface area (Å²) in [6.07, 6.45) is 3.23. The number of nitrogens with zero attached hydrogens (tertiary/aromatic N) is 2. The molecule has 1 atom stereocenters. The number of hydrogen-bond donors (Lipinski definition) is 2. The van der Waals surface area contributed by atoms with Gasteiger partial charge in [-0.25, -0.2) is 13.4 Å². The van der Waals surface area contributed by atoms with Gasteiger partial charge in [-0.15, -0.1) is 0 Å². The largest absolute Gasteiger partial charge is 0.454 e. The number of hydrogen-bond acceptors (Lipinski definition) is 5. The van der Waals surface area contributed by atoms with Gasteiger partial charge in [0, 0.05) is 45.3 Å². The number of halogens is 2. The number of nitrogens with one attached hydrogen (secondary N) is 2. The van der Waals surface area contributed by atoms with Gasteiger partial charge >= 0.3 is 0 Å². The zero-order chi connectivity index (χ0) is 24.8. The van der Waals surface area contributed by atoms with Crippen LogP contribution in [0.5, 0.6) is 11.5 Å². The van der Waals surface area contributed by atoms with Gasteiger partial charge in [0.25, 0.3) is 5.56 Å². The van der Waals surface area contributed by atoms with Gasteiger partial charge in [0.2, 0.25) is 0 Å². The van der Waals surface area contributed by atoms with Gasteiger partial charge in [-0.3, -0.25) is 4.79 Å². The van der Waals surface area contributed by atoms with Crippen LogP contribution in [0.4, 0.5) is 4.39 Å². The lowest BCUT2D eigenvalue weighted by molar-refractivity contribution is 0.443. The molecular weight excluding hydrogens is 523 g/mol. The summed E-state index contributed by atoms with van der Waals surface area (Å²) in [6.45, 7) is 2.89. The molecule has 174 valence electrons. The summed E-state index contributed by atoms with van der Waals surface area (Å²) < 4.78 is 42.9. The first kappa shape index (κ1) is 23.7. The second kappa shape index (κ2) is 8.42. The Morgan fingerprint density at radius 2 is 1.88 bits per heavy atom. The fourth-order valence-corrected chi connectivity index (χ4v) is 5.10. The zero-order valence-corrected chi connectivity index (χ0v) is 20.9. The van der Waals surface area contributed by atoms with E-state index in [-0.39, 0.29) is 22.0 Å². The maximum atomic E-state index is 14.5. The van der Waals surface area contributed by atoms with Gasteiger partial charge in [-0.2, -0.15) is 5.26 Å². The van der Waals surface area contributed by atoms with E-state index in [1.54, 1.807) is 31.6 Å². The van der Waals surface area contributed by atoms with Gasteiger partial charge < -0.3 is 14.3 Å². The van der Waals surface area contributed by atoms with Crippen molar-refractivity contribution in [1.82, 2.24) is 9.55 Å². The second-order valence-corrected chi connectivity index (χ2v) is 11.8. The van der Waals surface area contributed by atoms with Crippen LogP contribution in [-0.2, 0) is 16.8 Å². The normalized spacial score (nSPS) is 13.4. The highest BCUT2D eigenvalue weighted by Gasteiger charge is 2.33. The third-order valence-electron chi connectivity index (χ3n) is 5.57. The third kappa shape index (κ3) is 3.91. The molecule has 0 amide bonds. The van der Waals surface area contributed by atoms with Crippen LogP contribution in [0.15, 0.2) is 69.0 Å². The number of ether oxygens (including phenoxy) is 1. The minimum Gasteiger partial charge on any atom is -0.454 e. The summed E-state index contributed by atoms with van der Waals surface area (Å²) in [5, 5.41) is 10.1. The number of aromatic nitrogens is 2. The van der Waals surface area contributed by atoms with E-state index in [4.69, 9.17) is 9.52 Å². The Kier molecular flexibility index (Phi) is 5.87. The van der Waals surface area contributed by atoms with Crippen LogP contribution in [0.25, 0.3) is 22.0 Å². The minimum absolute atomic E-state index is 0.0312. The van der Waals surface area contributed by atoms with Gasteiger partial charge in [0.15, 0.2) is 11.6 Å². The average molecular weight is 543 g/mol. The van der Waals surface area contributed by atoms with E-state index in [1.165, 1.54) is 48.7 Å². The van der Waals surface area contributed by atoms with Crippen molar-refractivity contribution in [2.75, 3.05) is 0 Å². The summed E-state index contributed by atoms with van der Waals surface area (Å²) in [6, 6.07) is 12.5. The summed E-state index contributed by atoms with van der Waals surface area (Å²) in [5.41, 5.74) is 1.07. The van der Waals surface area contributed by atoms with E-state index in [0.29, 0.717) is 26.5 Å². The minimum atomic E-state index is -3.55. The number of nitriles is 1. The van der Waals surface area contributed by atoms with Crippen LogP contribution in [-0.4, -0.2) is 18.5 Å². The van der Waals surface area contributed by atoms with Gasteiger partial charge in [-0.05, 0) is 56.3 Å². The lowest BCUT2D eigenvalue weighted by Crippen LogP contribution is -2.28. The Balaban J connectivity index is 2.01. The molecule has 7 nitrogen and oxygen atoms in total. The molecule has 0 aliphatic carbocycles. The van der Waals surface area contributed by atoms with Crippen LogP contribution in [0.1, 0.15) is 13.8 Å². The van der Waals surface area contributed by atoms with Crippen molar-refractivity contribution < 1.29 is 13.3 Å². The molecule has 0 bridgehead atoms. The molecule has 10 heteroatoms. The van der Waals surface area contributed by atoms with Crippen LogP contribution in [0.2, 0.25) is 0 Å². The molecule has 0 spiro atoms. The third-order valence-corrected chi connectivity index (χ3v) is 8.51. The van der Waals surface area contributed by atoms with Crippen LogP contribution in [0.3, 0.4) is 0 Å². The molecule has 0 aliphatic rings. The van der Waals surface area contributed by atoms with Crippen molar-refractivity contribution in [2.24, 2.45) is 7.05 Å². The number of rotatable bonds is 5. The monoisotopic (exact) mass is 542 g/mol. The maximum absolute atomic E-state index is 14.5. The fraction of sp³-hybridized carbons (Fsp3) is 0.167. The van der Waals surface area contributed by atoms with Crippen molar-refractivity contribution in [3.63, 3.8) is 0 Å². The van der Waals surface area contributed by atoms with Crippen LogP contribution in [0, 0.1) is 21.9 Å².